The summed E-state index contributed by atoms with van der Waals surface area (Å²) in [7, 11) is 0. The summed E-state index contributed by atoms with van der Waals surface area (Å²) in [6.07, 6.45) is 2.69. The van der Waals surface area contributed by atoms with Gasteiger partial charge in [0, 0.05) is 24.0 Å². The summed E-state index contributed by atoms with van der Waals surface area (Å²) in [4.78, 5) is 4.04. The van der Waals surface area contributed by atoms with Gasteiger partial charge in [-0.25, -0.2) is 0 Å². The van der Waals surface area contributed by atoms with E-state index in [1.807, 2.05) is 11.3 Å². The minimum absolute atomic E-state index is 0.848. The van der Waals surface area contributed by atoms with Crippen molar-refractivity contribution < 1.29 is 0 Å². The third-order valence-electron chi connectivity index (χ3n) is 2.72. The highest BCUT2D eigenvalue weighted by Crippen LogP contribution is 2.27. The molecule has 1 aromatic rings. The maximum atomic E-state index is 3.49. The lowest BCUT2D eigenvalue weighted by atomic mass is 10.0. The number of likely N-dealkylation sites (tertiary alicyclic amines) is 1. The van der Waals surface area contributed by atoms with Crippen LogP contribution < -0.4 is 0 Å². The summed E-state index contributed by atoms with van der Waals surface area (Å²) in [5, 5.41) is 0. The molecule has 0 bridgehead atoms. The van der Waals surface area contributed by atoms with Gasteiger partial charge in [-0.1, -0.05) is 6.92 Å². The lowest BCUT2D eigenvalue weighted by molar-refractivity contribution is 0.0803. The van der Waals surface area contributed by atoms with Crippen LogP contribution in [0.2, 0.25) is 0 Å². The van der Waals surface area contributed by atoms with Crippen LogP contribution in [0.1, 0.15) is 24.6 Å². The molecule has 1 aliphatic rings. The summed E-state index contributed by atoms with van der Waals surface area (Å²) in [6.45, 7) is 4.71. The van der Waals surface area contributed by atoms with Crippen LogP contribution in [0.4, 0.5) is 0 Å². The Labute approximate surface area is 91.9 Å². The van der Waals surface area contributed by atoms with Crippen molar-refractivity contribution in [1.29, 1.82) is 0 Å². The standard InChI is InChI=1S/C10H14BrNS/c1-2-8-5-6-12(8)7-9-3-4-10(11)13-9/h3-4,8H,2,5-7H2,1H3. The first-order chi connectivity index (χ1) is 6.29. The lowest BCUT2D eigenvalue weighted by Gasteiger charge is -2.40. The molecular weight excluding hydrogens is 246 g/mol. The first kappa shape index (κ1) is 9.69. The van der Waals surface area contributed by atoms with Crippen LogP contribution >= 0.6 is 27.3 Å². The smallest absolute Gasteiger partial charge is 0.0701 e. The third kappa shape index (κ3) is 2.14. The molecule has 1 unspecified atom stereocenters. The zero-order valence-electron chi connectivity index (χ0n) is 7.79. The van der Waals surface area contributed by atoms with Crippen LogP contribution in [0.15, 0.2) is 15.9 Å². The number of nitrogens with zero attached hydrogens (tertiary/aromatic N) is 1. The highest BCUT2D eigenvalue weighted by molar-refractivity contribution is 9.11. The Balaban J connectivity index is 1.91. The average Bonchev–Trinajstić information content (AvgIpc) is 2.46. The molecule has 0 spiro atoms. The Hall–Kier alpha value is 0.140. The van der Waals surface area contributed by atoms with Crippen LogP contribution in [-0.2, 0) is 6.54 Å². The summed E-state index contributed by atoms with van der Waals surface area (Å²) >= 11 is 5.35. The van der Waals surface area contributed by atoms with Crippen molar-refractivity contribution in [2.24, 2.45) is 0 Å². The van der Waals surface area contributed by atoms with Crippen LogP contribution in [0.5, 0.6) is 0 Å². The molecule has 3 heteroatoms. The van der Waals surface area contributed by atoms with Gasteiger partial charge in [-0.15, -0.1) is 11.3 Å². The highest BCUT2D eigenvalue weighted by Gasteiger charge is 2.25. The van der Waals surface area contributed by atoms with Gasteiger partial charge in [0.05, 0.1) is 3.79 Å². The molecule has 0 amide bonds. The van der Waals surface area contributed by atoms with Gasteiger partial charge in [0.15, 0.2) is 0 Å². The first-order valence-electron chi connectivity index (χ1n) is 4.78. The molecule has 2 rings (SSSR count). The Kier molecular flexibility index (Phi) is 3.06. The van der Waals surface area contributed by atoms with Gasteiger partial charge >= 0.3 is 0 Å². The van der Waals surface area contributed by atoms with E-state index in [-0.39, 0.29) is 0 Å². The van der Waals surface area contributed by atoms with Crippen molar-refractivity contribution in [1.82, 2.24) is 4.90 Å². The number of hydrogen-bond donors (Lipinski definition) is 0. The predicted octanol–water partition coefficient (Wildman–Crippen LogP) is 3.49. The maximum Gasteiger partial charge on any atom is 0.0701 e. The van der Waals surface area contributed by atoms with Gasteiger partial charge in [-0.2, -0.15) is 0 Å². The normalized spacial score (nSPS) is 23.1. The van der Waals surface area contributed by atoms with Crippen molar-refractivity contribution in [3.05, 3.63) is 20.8 Å². The van der Waals surface area contributed by atoms with Crippen LogP contribution in [-0.4, -0.2) is 17.5 Å². The maximum absolute atomic E-state index is 3.49. The summed E-state index contributed by atoms with van der Waals surface area (Å²) in [6, 6.07) is 5.21. The van der Waals surface area contributed by atoms with Crippen molar-refractivity contribution in [2.45, 2.75) is 32.4 Å². The number of thiophene rings is 1. The Bertz CT molecular complexity index is 282. The first-order valence-corrected chi connectivity index (χ1v) is 6.39. The van der Waals surface area contributed by atoms with Gasteiger partial charge in [0.1, 0.15) is 0 Å². The fourth-order valence-electron chi connectivity index (χ4n) is 1.80. The monoisotopic (exact) mass is 259 g/mol. The molecule has 1 aromatic heterocycles. The van der Waals surface area contributed by atoms with Gasteiger partial charge in [-0.3, -0.25) is 4.90 Å². The number of rotatable bonds is 3. The predicted molar refractivity (Wildman–Crippen MR) is 61.1 cm³/mol. The molecule has 0 radical (unpaired) electrons. The van der Waals surface area contributed by atoms with E-state index in [1.54, 1.807) is 0 Å². The van der Waals surface area contributed by atoms with E-state index in [9.17, 15) is 0 Å². The molecule has 13 heavy (non-hydrogen) atoms. The number of halogens is 1. The van der Waals surface area contributed by atoms with E-state index in [0.717, 1.165) is 12.6 Å². The van der Waals surface area contributed by atoms with Gasteiger partial charge in [-0.05, 0) is 40.9 Å². The Morgan fingerprint density at radius 1 is 1.62 bits per heavy atom. The highest BCUT2D eigenvalue weighted by atomic mass is 79.9. The summed E-state index contributed by atoms with van der Waals surface area (Å²) in [5.41, 5.74) is 0. The Morgan fingerprint density at radius 3 is 2.92 bits per heavy atom. The minimum Gasteiger partial charge on any atom is -0.295 e. The van der Waals surface area contributed by atoms with E-state index >= 15 is 0 Å². The number of hydrogen-bond acceptors (Lipinski definition) is 2. The molecule has 0 N–H and O–H groups in total. The summed E-state index contributed by atoms with van der Waals surface area (Å²) in [5.74, 6) is 0. The molecule has 1 saturated heterocycles. The zero-order chi connectivity index (χ0) is 9.26. The third-order valence-corrected chi connectivity index (χ3v) is 4.33. The largest absolute Gasteiger partial charge is 0.295 e. The van der Waals surface area contributed by atoms with E-state index < -0.39 is 0 Å². The molecule has 2 heterocycles. The van der Waals surface area contributed by atoms with Crippen LogP contribution in [0.3, 0.4) is 0 Å². The SMILES string of the molecule is CCC1CCN1Cc1ccc(Br)s1. The van der Waals surface area contributed by atoms with Crippen molar-refractivity contribution >= 4 is 27.3 Å². The van der Waals surface area contributed by atoms with Crippen molar-refractivity contribution in [3.63, 3.8) is 0 Å². The van der Waals surface area contributed by atoms with Crippen molar-refractivity contribution in [3.8, 4) is 0 Å². The molecular formula is C10H14BrNS. The van der Waals surface area contributed by atoms with Gasteiger partial charge < -0.3 is 0 Å². The molecule has 1 nitrogen and oxygen atoms in total. The Morgan fingerprint density at radius 2 is 2.46 bits per heavy atom. The van der Waals surface area contributed by atoms with E-state index in [4.69, 9.17) is 0 Å². The van der Waals surface area contributed by atoms with Gasteiger partial charge in [0.2, 0.25) is 0 Å². The lowest BCUT2D eigenvalue weighted by Crippen LogP contribution is -2.46. The zero-order valence-corrected chi connectivity index (χ0v) is 10.2. The molecule has 1 atom stereocenters. The second kappa shape index (κ2) is 4.11. The minimum atomic E-state index is 0.848. The average molecular weight is 260 g/mol. The van der Waals surface area contributed by atoms with Crippen molar-refractivity contribution in [2.75, 3.05) is 6.54 Å². The van der Waals surface area contributed by atoms with Crippen LogP contribution in [0, 0.1) is 0 Å². The molecule has 1 aliphatic heterocycles. The van der Waals surface area contributed by atoms with E-state index in [2.05, 4.69) is 39.9 Å². The second-order valence-electron chi connectivity index (χ2n) is 3.53. The van der Waals surface area contributed by atoms with Gasteiger partial charge in [0.25, 0.3) is 0 Å². The molecule has 0 saturated carbocycles. The molecule has 0 aromatic carbocycles. The van der Waals surface area contributed by atoms with E-state index in [0.29, 0.717) is 0 Å². The molecule has 1 fully saturated rings. The molecule has 72 valence electrons. The quantitative estimate of drug-likeness (QED) is 0.804. The van der Waals surface area contributed by atoms with E-state index in [1.165, 1.54) is 28.0 Å². The fraction of sp³-hybridized carbons (Fsp3) is 0.600. The summed E-state index contributed by atoms with van der Waals surface area (Å²) < 4.78 is 1.25. The fourth-order valence-corrected chi connectivity index (χ4v) is 3.31. The topological polar surface area (TPSA) is 3.24 Å². The van der Waals surface area contributed by atoms with Crippen LogP contribution in [0.25, 0.3) is 0 Å². The second-order valence-corrected chi connectivity index (χ2v) is 6.07. The molecule has 0 aliphatic carbocycles.